The van der Waals surface area contributed by atoms with Crippen LogP contribution < -0.4 is 10.2 Å². The van der Waals surface area contributed by atoms with Gasteiger partial charge in [0.1, 0.15) is 5.82 Å². The lowest BCUT2D eigenvalue weighted by Crippen LogP contribution is -2.24. The molecule has 0 atom stereocenters. The summed E-state index contributed by atoms with van der Waals surface area (Å²) in [4.78, 5) is 24.4. The average molecular weight is 374 g/mol. The molecule has 0 bridgehead atoms. The summed E-state index contributed by atoms with van der Waals surface area (Å²) in [5.41, 5.74) is 3.63. The lowest BCUT2D eigenvalue weighted by molar-refractivity contribution is 0.0952. The molecular weight excluding hydrogens is 348 g/mol. The summed E-state index contributed by atoms with van der Waals surface area (Å²) >= 11 is 0. The predicted molar refractivity (Wildman–Crippen MR) is 113 cm³/mol. The zero-order valence-corrected chi connectivity index (χ0v) is 16.5. The summed E-state index contributed by atoms with van der Waals surface area (Å²) in [6.45, 7) is 6.55. The minimum atomic E-state index is -0.0617. The highest BCUT2D eigenvalue weighted by Crippen LogP contribution is 2.40. The molecule has 2 heterocycles. The van der Waals surface area contributed by atoms with Gasteiger partial charge in [0.2, 0.25) is 0 Å². The Hall–Kier alpha value is -2.95. The predicted octanol–water partition coefficient (Wildman–Crippen LogP) is 4.28. The quantitative estimate of drug-likeness (QED) is 0.670. The van der Waals surface area contributed by atoms with Gasteiger partial charge >= 0.3 is 0 Å². The van der Waals surface area contributed by atoms with Crippen molar-refractivity contribution < 1.29 is 4.79 Å². The summed E-state index contributed by atoms with van der Waals surface area (Å²) in [6, 6.07) is 13.9. The maximum absolute atomic E-state index is 12.9. The molecule has 0 saturated heterocycles. The van der Waals surface area contributed by atoms with Crippen LogP contribution >= 0.6 is 0 Å². The molecule has 3 aromatic rings. The van der Waals surface area contributed by atoms with Crippen molar-refractivity contribution in [2.75, 3.05) is 18.0 Å². The molecular formula is C23H26N4O. The second-order valence-corrected chi connectivity index (χ2v) is 7.27. The SMILES string of the molecule is CCN(CC)c1ccc(CNC(=O)c2cc(C3CC3)nc3ccccc23)cn1. The number of pyridine rings is 2. The molecule has 0 spiro atoms. The summed E-state index contributed by atoms with van der Waals surface area (Å²) < 4.78 is 0. The number of amides is 1. The van der Waals surface area contributed by atoms with Crippen molar-refractivity contribution >= 4 is 22.6 Å². The van der Waals surface area contributed by atoms with Crippen LogP contribution in [0.15, 0.2) is 48.7 Å². The fraction of sp³-hybridized carbons (Fsp3) is 0.348. The largest absolute Gasteiger partial charge is 0.357 e. The Balaban J connectivity index is 1.51. The molecule has 1 N–H and O–H groups in total. The molecule has 1 saturated carbocycles. The third-order valence-electron chi connectivity index (χ3n) is 5.33. The van der Waals surface area contributed by atoms with Crippen molar-refractivity contribution in [1.29, 1.82) is 0 Å². The molecule has 0 unspecified atom stereocenters. The van der Waals surface area contributed by atoms with Crippen LogP contribution in [0.4, 0.5) is 5.82 Å². The first kappa shape index (κ1) is 18.4. The van der Waals surface area contributed by atoms with E-state index < -0.39 is 0 Å². The third-order valence-corrected chi connectivity index (χ3v) is 5.33. The first-order valence-corrected chi connectivity index (χ1v) is 10.1. The van der Waals surface area contributed by atoms with Crippen LogP contribution in [0.1, 0.15) is 54.2 Å². The molecule has 28 heavy (non-hydrogen) atoms. The second-order valence-electron chi connectivity index (χ2n) is 7.27. The van der Waals surface area contributed by atoms with Gasteiger partial charge in [-0.15, -0.1) is 0 Å². The molecule has 5 heteroatoms. The Morgan fingerprint density at radius 1 is 1.14 bits per heavy atom. The standard InChI is InChI=1S/C23H26N4O/c1-3-27(4-2)22-12-9-16(14-24-22)15-25-23(28)19-13-21(17-10-11-17)26-20-8-6-5-7-18(19)20/h5-9,12-14,17H,3-4,10-11,15H2,1-2H3,(H,25,28). The van der Waals surface area contributed by atoms with Crippen molar-refractivity contribution in [1.82, 2.24) is 15.3 Å². The molecule has 1 aliphatic rings. The number of nitrogens with zero attached hydrogens (tertiary/aromatic N) is 3. The summed E-state index contributed by atoms with van der Waals surface area (Å²) in [5, 5.41) is 3.95. The molecule has 4 rings (SSSR count). The number of hydrogen-bond acceptors (Lipinski definition) is 4. The zero-order valence-electron chi connectivity index (χ0n) is 16.5. The minimum absolute atomic E-state index is 0.0617. The van der Waals surface area contributed by atoms with Crippen LogP contribution in [0.5, 0.6) is 0 Å². The molecule has 1 aliphatic carbocycles. The Morgan fingerprint density at radius 3 is 2.61 bits per heavy atom. The Bertz CT molecular complexity index is 976. The number of rotatable bonds is 7. The highest BCUT2D eigenvalue weighted by molar-refractivity contribution is 6.06. The Morgan fingerprint density at radius 2 is 1.93 bits per heavy atom. The number of aromatic nitrogens is 2. The number of carbonyl (C=O) groups is 1. The van der Waals surface area contributed by atoms with Crippen molar-refractivity contribution in [2.24, 2.45) is 0 Å². The van der Waals surface area contributed by atoms with E-state index in [2.05, 4.69) is 29.0 Å². The number of nitrogens with one attached hydrogen (secondary N) is 1. The minimum Gasteiger partial charge on any atom is -0.357 e. The summed E-state index contributed by atoms with van der Waals surface area (Å²) in [7, 11) is 0. The lowest BCUT2D eigenvalue weighted by Gasteiger charge is -2.19. The van der Waals surface area contributed by atoms with E-state index in [-0.39, 0.29) is 5.91 Å². The van der Waals surface area contributed by atoms with Crippen LogP contribution in [0, 0.1) is 0 Å². The van der Waals surface area contributed by atoms with Crippen LogP contribution in [0.2, 0.25) is 0 Å². The van der Waals surface area contributed by atoms with Crippen molar-refractivity contribution in [3.05, 3.63) is 65.5 Å². The normalized spacial score (nSPS) is 13.5. The number of fused-ring (bicyclic) bond motifs is 1. The first-order valence-electron chi connectivity index (χ1n) is 10.1. The van der Waals surface area contributed by atoms with Crippen LogP contribution in [0.3, 0.4) is 0 Å². The number of hydrogen-bond donors (Lipinski definition) is 1. The van der Waals surface area contributed by atoms with Crippen molar-refractivity contribution in [3.63, 3.8) is 0 Å². The smallest absolute Gasteiger partial charge is 0.252 e. The lowest BCUT2D eigenvalue weighted by atomic mass is 10.1. The highest BCUT2D eigenvalue weighted by Gasteiger charge is 2.26. The van der Waals surface area contributed by atoms with E-state index in [4.69, 9.17) is 4.98 Å². The van der Waals surface area contributed by atoms with Gasteiger partial charge in [-0.1, -0.05) is 24.3 Å². The fourth-order valence-electron chi connectivity index (χ4n) is 3.51. The van der Waals surface area contributed by atoms with Gasteiger partial charge in [-0.3, -0.25) is 9.78 Å². The molecule has 1 aromatic carbocycles. The molecule has 5 nitrogen and oxygen atoms in total. The molecule has 0 aliphatic heterocycles. The van der Waals surface area contributed by atoms with E-state index in [1.807, 2.05) is 48.7 Å². The van der Waals surface area contributed by atoms with E-state index >= 15 is 0 Å². The summed E-state index contributed by atoms with van der Waals surface area (Å²) in [6.07, 6.45) is 4.17. The molecule has 1 fully saturated rings. The number of para-hydroxylation sites is 1. The van der Waals surface area contributed by atoms with Gasteiger partial charge in [-0.25, -0.2) is 4.98 Å². The van der Waals surface area contributed by atoms with Gasteiger partial charge in [-0.2, -0.15) is 0 Å². The van der Waals surface area contributed by atoms with Crippen LogP contribution in [-0.4, -0.2) is 29.0 Å². The van der Waals surface area contributed by atoms with E-state index in [0.29, 0.717) is 18.0 Å². The van der Waals surface area contributed by atoms with Gasteiger partial charge in [0.05, 0.1) is 11.1 Å². The Kier molecular flexibility index (Phi) is 5.24. The monoisotopic (exact) mass is 374 g/mol. The maximum Gasteiger partial charge on any atom is 0.252 e. The Labute approximate surface area is 165 Å². The fourth-order valence-corrected chi connectivity index (χ4v) is 3.51. The van der Waals surface area contributed by atoms with E-state index in [1.54, 1.807) is 0 Å². The van der Waals surface area contributed by atoms with E-state index in [0.717, 1.165) is 53.9 Å². The van der Waals surface area contributed by atoms with Gasteiger partial charge in [0.25, 0.3) is 5.91 Å². The zero-order chi connectivity index (χ0) is 19.5. The van der Waals surface area contributed by atoms with Gasteiger partial charge in [0.15, 0.2) is 0 Å². The summed E-state index contributed by atoms with van der Waals surface area (Å²) in [5.74, 6) is 1.41. The first-order chi connectivity index (χ1) is 13.7. The van der Waals surface area contributed by atoms with Gasteiger partial charge in [0, 0.05) is 42.8 Å². The van der Waals surface area contributed by atoms with Gasteiger partial charge in [-0.05, 0) is 50.5 Å². The van der Waals surface area contributed by atoms with Crippen molar-refractivity contribution in [3.8, 4) is 0 Å². The van der Waals surface area contributed by atoms with E-state index in [1.165, 1.54) is 0 Å². The van der Waals surface area contributed by atoms with Crippen LogP contribution in [0.25, 0.3) is 10.9 Å². The highest BCUT2D eigenvalue weighted by atomic mass is 16.1. The molecule has 0 radical (unpaired) electrons. The maximum atomic E-state index is 12.9. The van der Waals surface area contributed by atoms with E-state index in [9.17, 15) is 4.79 Å². The second kappa shape index (κ2) is 7.97. The number of carbonyl (C=O) groups excluding carboxylic acids is 1. The third kappa shape index (κ3) is 3.84. The topological polar surface area (TPSA) is 58.1 Å². The number of anilines is 1. The van der Waals surface area contributed by atoms with Crippen molar-refractivity contribution in [2.45, 2.75) is 39.2 Å². The number of benzene rings is 1. The molecule has 144 valence electrons. The average Bonchev–Trinajstić information content (AvgIpc) is 3.58. The molecule has 2 aromatic heterocycles. The van der Waals surface area contributed by atoms with Gasteiger partial charge < -0.3 is 10.2 Å². The van der Waals surface area contributed by atoms with Crippen LogP contribution in [-0.2, 0) is 6.54 Å². The molecule has 1 amide bonds.